The molecule has 1 saturated heterocycles. The van der Waals surface area contributed by atoms with Crippen LogP contribution in [-0.4, -0.2) is 33.3 Å². The number of aryl methyl sites for hydroxylation is 1. The Morgan fingerprint density at radius 3 is 2.48 bits per heavy atom. The summed E-state index contributed by atoms with van der Waals surface area (Å²) >= 11 is 0. The number of ether oxygens (including phenoxy) is 1. The number of rotatable bonds is 7. The van der Waals surface area contributed by atoms with Gasteiger partial charge >= 0.3 is 0 Å². The standard InChI is InChI=1S/C26H26N2O5/c1-16(2)15-32-20-10-8-18(9-11-20)24(29)22-23(21-12-7-17(3)33-21)28(26(31)25(22)30)14-19-6-4-5-13-27-19/h4-13,16,23,29H,14-15H2,1-3H3/b24-22-. The molecule has 7 heteroatoms. The molecule has 1 N–H and O–H groups in total. The van der Waals surface area contributed by atoms with Crippen LogP contribution in [0.5, 0.6) is 5.75 Å². The molecule has 33 heavy (non-hydrogen) atoms. The maximum absolute atomic E-state index is 13.1. The van der Waals surface area contributed by atoms with Gasteiger partial charge in [0.15, 0.2) is 0 Å². The van der Waals surface area contributed by atoms with Gasteiger partial charge in [0.25, 0.3) is 11.7 Å². The van der Waals surface area contributed by atoms with Crippen LogP contribution in [0.2, 0.25) is 0 Å². The van der Waals surface area contributed by atoms with Gasteiger partial charge in [0.05, 0.1) is 24.4 Å². The van der Waals surface area contributed by atoms with Crippen LogP contribution < -0.4 is 4.74 Å². The predicted octanol–water partition coefficient (Wildman–Crippen LogP) is 4.64. The fourth-order valence-electron chi connectivity index (χ4n) is 3.73. The van der Waals surface area contributed by atoms with E-state index in [2.05, 4.69) is 18.8 Å². The number of Topliss-reactive ketones (excluding diaryl/α,β-unsaturated/α-hetero) is 1. The Hall–Kier alpha value is -3.87. The first kappa shape index (κ1) is 22.3. The third-order valence-corrected chi connectivity index (χ3v) is 5.34. The maximum atomic E-state index is 13.1. The molecule has 1 aliphatic rings. The molecule has 1 aliphatic heterocycles. The quantitative estimate of drug-likeness (QED) is 0.323. The number of aliphatic hydroxyl groups excluding tert-OH is 1. The van der Waals surface area contributed by atoms with Crippen molar-refractivity contribution in [1.29, 1.82) is 0 Å². The van der Waals surface area contributed by atoms with E-state index >= 15 is 0 Å². The highest BCUT2D eigenvalue weighted by molar-refractivity contribution is 6.46. The lowest BCUT2D eigenvalue weighted by atomic mass is 9.99. The summed E-state index contributed by atoms with van der Waals surface area (Å²) in [7, 11) is 0. The Labute approximate surface area is 192 Å². The molecule has 2 aromatic heterocycles. The summed E-state index contributed by atoms with van der Waals surface area (Å²) < 4.78 is 11.5. The molecule has 170 valence electrons. The van der Waals surface area contributed by atoms with Crippen LogP contribution in [0, 0.1) is 12.8 Å². The number of hydrogen-bond donors (Lipinski definition) is 1. The van der Waals surface area contributed by atoms with Crippen molar-refractivity contribution < 1.29 is 23.8 Å². The number of benzene rings is 1. The zero-order valence-electron chi connectivity index (χ0n) is 18.8. The van der Waals surface area contributed by atoms with Gasteiger partial charge < -0.3 is 19.2 Å². The molecule has 3 aromatic rings. The molecule has 1 fully saturated rings. The lowest BCUT2D eigenvalue weighted by Gasteiger charge is -2.23. The Balaban J connectivity index is 1.73. The van der Waals surface area contributed by atoms with Gasteiger partial charge in [-0.3, -0.25) is 14.6 Å². The number of amides is 1. The fraction of sp³-hybridized carbons (Fsp3) is 0.269. The lowest BCUT2D eigenvalue weighted by Crippen LogP contribution is -2.29. The fourth-order valence-corrected chi connectivity index (χ4v) is 3.73. The molecule has 0 aliphatic carbocycles. The third kappa shape index (κ3) is 4.67. The lowest BCUT2D eigenvalue weighted by molar-refractivity contribution is -0.140. The minimum Gasteiger partial charge on any atom is -0.507 e. The number of carbonyl (C=O) groups excluding carboxylic acids is 2. The average Bonchev–Trinajstić information content (AvgIpc) is 3.34. The summed E-state index contributed by atoms with van der Waals surface area (Å²) in [6.45, 7) is 6.57. The van der Waals surface area contributed by atoms with Crippen molar-refractivity contribution in [3.8, 4) is 5.75 Å². The van der Waals surface area contributed by atoms with E-state index in [-0.39, 0.29) is 17.9 Å². The van der Waals surface area contributed by atoms with Gasteiger partial charge in [-0.2, -0.15) is 0 Å². The largest absolute Gasteiger partial charge is 0.507 e. The minimum absolute atomic E-state index is 0.0128. The molecule has 0 radical (unpaired) electrons. The van der Waals surface area contributed by atoms with Crippen LogP contribution in [0.3, 0.4) is 0 Å². The van der Waals surface area contributed by atoms with Gasteiger partial charge in [0, 0.05) is 11.8 Å². The SMILES string of the molecule is Cc1ccc(C2/C(=C(/O)c3ccc(OCC(C)C)cc3)C(=O)C(=O)N2Cc2ccccn2)o1. The molecule has 1 unspecified atom stereocenters. The molecule has 0 spiro atoms. The van der Waals surface area contributed by atoms with Crippen molar-refractivity contribution >= 4 is 17.4 Å². The first-order valence-corrected chi connectivity index (χ1v) is 10.8. The molecular formula is C26H26N2O5. The van der Waals surface area contributed by atoms with E-state index in [1.165, 1.54) is 4.90 Å². The van der Waals surface area contributed by atoms with E-state index in [1.807, 2.05) is 6.07 Å². The van der Waals surface area contributed by atoms with Gasteiger partial charge in [0.1, 0.15) is 29.1 Å². The highest BCUT2D eigenvalue weighted by atomic mass is 16.5. The Kier molecular flexibility index (Phi) is 6.31. The predicted molar refractivity (Wildman–Crippen MR) is 122 cm³/mol. The molecule has 7 nitrogen and oxygen atoms in total. The third-order valence-electron chi connectivity index (χ3n) is 5.34. The first-order valence-electron chi connectivity index (χ1n) is 10.8. The summed E-state index contributed by atoms with van der Waals surface area (Å²) in [6, 6.07) is 14.8. The second-order valence-corrected chi connectivity index (χ2v) is 8.43. The highest BCUT2D eigenvalue weighted by Crippen LogP contribution is 2.40. The maximum Gasteiger partial charge on any atom is 0.296 e. The number of nitrogens with zero attached hydrogens (tertiary/aromatic N) is 2. The van der Waals surface area contributed by atoms with Gasteiger partial charge in [-0.1, -0.05) is 19.9 Å². The monoisotopic (exact) mass is 446 g/mol. The number of hydrogen-bond acceptors (Lipinski definition) is 6. The normalized spacial score (nSPS) is 17.7. The van der Waals surface area contributed by atoms with E-state index in [0.29, 0.717) is 41.1 Å². The van der Waals surface area contributed by atoms with Crippen LogP contribution in [0.4, 0.5) is 0 Å². The number of aromatic nitrogens is 1. The van der Waals surface area contributed by atoms with Crippen LogP contribution in [0.25, 0.3) is 5.76 Å². The van der Waals surface area contributed by atoms with Crippen molar-refractivity contribution in [2.75, 3.05) is 6.61 Å². The second-order valence-electron chi connectivity index (χ2n) is 8.43. The molecule has 0 saturated carbocycles. The molecule has 1 aromatic carbocycles. The van der Waals surface area contributed by atoms with E-state index < -0.39 is 17.7 Å². The summed E-state index contributed by atoms with van der Waals surface area (Å²) in [6.07, 6.45) is 1.63. The van der Waals surface area contributed by atoms with Crippen LogP contribution >= 0.6 is 0 Å². The molecule has 4 rings (SSSR count). The zero-order chi connectivity index (χ0) is 23.5. The highest BCUT2D eigenvalue weighted by Gasteiger charge is 2.47. The number of aliphatic hydroxyl groups is 1. The molecular weight excluding hydrogens is 420 g/mol. The summed E-state index contributed by atoms with van der Waals surface area (Å²) in [5.41, 5.74) is 1.02. The van der Waals surface area contributed by atoms with Gasteiger partial charge in [0.2, 0.25) is 0 Å². The van der Waals surface area contributed by atoms with E-state index in [1.54, 1.807) is 61.7 Å². The number of furan rings is 1. The Bertz CT molecular complexity index is 1180. The van der Waals surface area contributed by atoms with Crippen molar-refractivity contribution in [2.24, 2.45) is 5.92 Å². The number of carbonyl (C=O) groups is 2. The van der Waals surface area contributed by atoms with E-state index in [4.69, 9.17) is 9.15 Å². The number of ketones is 1. The Morgan fingerprint density at radius 1 is 1.12 bits per heavy atom. The average molecular weight is 447 g/mol. The molecule has 3 heterocycles. The first-order chi connectivity index (χ1) is 15.8. The Morgan fingerprint density at radius 2 is 1.88 bits per heavy atom. The molecule has 1 atom stereocenters. The molecule has 1 amide bonds. The second kappa shape index (κ2) is 9.32. The summed E-state index contributed by atoms with van der Waals surface area (Å²) in [5.74, 6) is 0.354. The van der Waals surface area contributed by atoms with Crippen LogP contribution in [0.1, 0.15) is 42.7 Å². The van der Waals surface area contributed by atoms with Crippen molar-refractivity contribution in [3.05, 3.63) is 89.1 Å². The smallest absolute Gasteiger partial charge is 0.296 e. The minimum atomic E-state index is -0.863. The topological polar surface area (TPSA) is 92.9 Å². The number of pyridine rings is 1. The van der Waals surface area contributed by atoms with Crippen molar-refractivity contribution in [3.63, 3.8) is 0 Å². The van der Waals surface area contributed by atoms with E-state index in [9.17, 15) is 14.7 Å². The van der Waals surface area contributed by atoms with Crippen molar-refractivity contribution in [1.82, 2.24) is 9.88 Å². The molecule has 0 bridgehead atoms. The van der Waals surface area contributed by atoms with Crippen LogP contribution in [-0.2, 0) is 16.1 Å². The summed E-state index contributed by atoms with van der Waals surface area (Å²) in [5, 5.41) is 11.1. The number of likely N-dealkylation sites (tertiary alicyclic amines) is 1. The van der Waals surface area contributed by atoms with Gasteiger partial charge in [-0.15, -0.1) is 0 Å². The zero-order valence-corrected chi connectivity index (χ0v) is 18.8. The van der Waals surface area contributed by atoms with Gasteiger partial charge in [-0.05, 0) is 61.4 Å². The summed E-state index contributed by atoms with van der Waals surface area (Å²) in [4.78, 5) is 31.7. The van der Waals surface area contributed by atoms with Crippen molar-refractivity contribution in [2.45, 2.75) is 33.4 Å². The van der Waals surface area contributed by atoms with E-state index in [0.717, 1.165) is 0 Å². The van der Waals surface area contributed by atoms with Crippen LogP contribution in [0.15, 0.2) is 70.8 Å². The van der Waals surface area contributed by atoms with Gasteiger partial charge in [-0.25, -0.2) is 0 Å².